The van der Waals surface area contributed by atoms with Crippen molar-refractivity contribution in [2.75, 3.05) is 16.8 Å². The van der Waals surface area contributed by atoms with Crippen molar-refractivity contribution in [1.29, 1.82) is 0 Å². The van der Waals surface area contributed by atoms with Gasteiger partial charge in [-0.25, -0.2) is 4.98 Å². The third-order valence-corrected chi connectivity index (χ3v) is 4.35. The third-order valence-electron chi connectivity index (χ3n) is 3.21. The number of aryl methyl sites for hydroxylation is 1. The Morgan fingerprint density at radius 3 is 3.00 bits per heavy atom. The number of rotatable bonds is 6. The van der Waals surface area contributed by atoms with E-state index in [0.717, 1.165) is 28.6 Å². The molecule has 1 aromatic carbocycles. The summed E-state index contributed by atoms with van der Waals surface area (Å²) < 4.78 is 1.97. The molecule has 3 N–H and O–H groups in total. The lowest BCUT2D eigenvalue weighted by atomic mass is 10.1. The standard InChI is InChI=1S/C15H20N4OS/c1-11-12(16)5-3-6-13(11)18-14(20)7-4-10-21-15-17-8-9-19(15)2/h3,5-6,8-9H,4,7,10,16H2,1-2H3,(H,18,20). The second-order valence-corrected chi connectivity index (χ2v) is 5.90. The first-order valence-electron chi connectivity index (χ1n) is 6.83. The molecule has 0 saturated carbocycles. The number of nitrogens with zero attached hydrogens (tertiary/aromatic N) is 2. The van der Waals surface area contributed by atoms with Crippen LogP contribution in [0.2, 0.25) is 0 Å². The Morgan fingerprint density at radius 1 is 1.48 bits per heavy atom. The van der Waals surface area contributed by atoms with Crippen LogP contribution in [-0.2, 0) is 11.8 Å². The van der Waals surface area contributed by atoms with Gasteiger partial charge in [0.2, 0.25) is 5.91 Å². The number of hydrogen-bond acceptors (Lipinski definition) is 4. The quantitative estimate of drug-likeness (QED) is 0.489. The van der Waals surface area contributed by atoms with Gasteiger partial charge in [0.25, 0.3) is 0 Å². The topological polar surface area (TPSA) is 72.9 Å². The highest BCUT2D eigenvalue weighted by Crippen LogP contribution is 2.21. The number of nitrogens with one attached hydrogen (secondary N) is 1. The number of carbonyl (C=O) groups is 1. The van der Waals surface area contributed by atoms with Crippen molar-refractivity contribution in [3.63, 3.8) is 0 Å². The van der Waals surface area contributed by atoms with Crippen molar-refractivity contribution in [3.05, 3.63) is 36.2 Å². The zero-order chi connectivity index (χ0) is 15.2. The molecule has 0 aliphatic rings. The van der Waals surface area contributed by atoms with Gasteiger partial charge in [0.15, 0.2) is 5.16 Å². The Kier molecular flexibility index (Phi) is 5.27. The largest absolute Gasteiger partial charge is 0.398 e. The van der Waals surface area contributed by atoms with Crippen LogP contribution in [0.15, 0.2) is 35.7 Å². The highest BCUT2D eigenvalue weighted by molar-refractivity contribution is 7.99. The maximum absolute atomic E-state index is 11.9. The van der Waals surface area contributed by atoms with Crippen LogP contribution < -0.4 is 11.1 Å². The van der Waals surface area contributed by atoms with Crippen molar-refractivity contribution in [1.82, 2.24) is 9.55 Å². The fraction of sp³-hybridized carbons (Fsp3) is 0.333. The van der Waals surface area contributed by atoms with E-state index in [0.29, 0.717) is 12.1 Å². The number of hydrogen-bond donors (Lipinski definition) is 2. The highest BCUT2D eigenvalue weighted by atomic mass is 32.2. The number of carbonyl (C=O) groups excluding carboxylic acids is 1. The van der Waals surface area contributed by atoms with Crippen molar-refractivity contribution in [3.8, 4) is 0 Å². The lowest BCUT2D eigenvalue weighted by molar-refractivity contribution is -0.116. The predicted octanol–water partition coefficient (Wildman–Crippen LogP) is 2.82. The van der Waals surface area contributed by atoms with Gasteiger partial charge in [0, 0.05) is 43.0 Å². The van der Waals surface area contributed by atoms with Gasteiger partial charge in [-0.2, -0.15) is 0 Å². The minimum atomic E-state index is 0.0177. The molecule has 2 aromatic rings. The number of nitrogens with two attached hydrogens (primary N) is 1. The number of thioether (sulfide) groups is 1. The molecule has 2 rings (SSSR count). The summed E-state index contributed by atoms with van der Waals surface area (Å²) in [4.78, 5) is 16.2. The van der Waals surface area contributed by atoms with Gasteiger partial charge in [-0.1, -0.05) is 17.8 Å². The second kappa shape index (κ2) is 7.17. The predicted molar refractivity (Wildman–Crippen MR) is 87.4 cm³/mol. The Bertz CT molecular complexity index is 624. The summed E-state index contributed by atoms with van der Waals surface area (Å²) in [6.45, 7) is 1.90. The number of imidazole rings is 1. The number of amides is 1. The summed E-state index contributed by atoms with van der Waals surface area (Å²) in [7, 11) is 1.96. The summed E-state index contributed by atoms with van der Waals surface area (Å²) in [5.41, 5.74) is 8.21. The molecule has 0 fully saturated rings. The molecule has 0 aliphatic heterocycles. The summed E-state index contributed by atoms with van der Waals surface area (Å²) in [5, 5.41) is 3.88. The maximum Gasteiger partial charge on any atom is 0.224 e. The van der Waals surface area contributed by atoms with Crippen LogP contribution in [0.4, 0.5) is 11.4 Å². The van der Waals surface area contributed by atoms with E-state index in [1.165, 1.54) is 0 Å². The van der Waals surface area contributed by atoms with Crippen LogP contribution in [0.5, 0.6) is 0 Å². The van der Waals surface area contributed by atoms with E-state index in [9.17, 15) is 4.79 Å². The van der Waals surface area contributed by atoms with Gasteiger partial charge < -0.3 is 15.6 Å². The lowest BCUT2D eigenvalue weighted by Gasteiger charge is -2.10. The normalized spacial score (nSPS) is 10.6. The van der Waals surface area contributed by atoms with Crippen molar-refractivity contribution < 1.29 is 4.79 Å². The molecule has 112 valence electrons. The Labute approximate surface area is 128 Å². The molecular weight excluding hydrogens is 284 g/mol. The number of anilines is 2. The molecule has 0 spiro atoms. The van der Waals surface area contributed by atoms with Gasteiger partial charge in [-0.15, -0.1) is 0 Å². The van der Waals surface area contributed by atoms with E-state index in [1.54, 1.807) is 18.0 Å². The van der Waals surface area contributed by atoms with Crippen LogP contribution in [0.25, 0.3) is 0 Å². The summed E-state index contributed by atoms with van der Waals surface area (Å²) in [5.74, 6) is 0.887. The first-order chi connectivity index (χ1) is 10.1. The fourth-order valence-electron chi connectivity index (χ4n) is 1.89. The lowest BCUT2D eigenvalue weighted by Crippen LogP contribution is -2.13. The molecule has 0 unspecified atom stereocenters. The number of benzene rings is 1. The van der Waals surface area contributed by atoms with Crippen LogP contribution >= 0.6 is 11.8 Å². The molecule has 0 aliphatic carbocycles. The number of aromatic nitrogens is 2. The summed E-state index contributed by atoms with van der Waals surface area (Å²) in [6.07, 6.45) is 4.99. The Hall–Kier alpha value is -1.95. The molecule has 1 amide bonds. The molecule has 0 atom stereocenters. The van der Waals surface area contributed by atoms with E-state index in [2.05, 4.69) is 10.3 Å². The first-order valence-corrected chi connectivity index (χ1v) is 7.81. The average molecular weight is 304 g/mol. The maximum atomic E-state index is 11.9. The van der Waals surface area contributed by atoms with Crippen LogP contribution in [-0.4, -0.2) is 21.2 Å². The molecule has 1 aromatic heterocycles. The average Bonchev–Trinajstić information content (AvgIpc) is 2.86. The first kappa shape index (κ1) is 15.4. The minimum absolute atomic E-state index is 0.0177. The van der Waals surface area contributed by atoms with Crippen LogP contribution in [0, 0.1) is 6.92 Å². The second-order valence-electron chi connectivity index (χ2n) is 4.84. The summed E-state index contributed by atoms with van der Waals surface area (Å²) in [6, 6.07) is 5.54. The van der Waals surface area contributed by atoms with Crippen molar-refractivity contribution in [2.24, 2.45) is 7.05 Å². The van der Waals surface area contributed by atoms with Crippen LogP contribution in [0.1, 0.15) is 18.4 Å². The number of nitrogen functional groups attached to an aromatic ring is 1. The Morgan fingerprint density at radius 2 is 2.29 bits per heavy atom. The molecule has 1 heterocycles. The van der Waals surface area contributed by atoms with Gasteiger partial charge in [-0.3, -0.25) is 4.79 Å². The van der Waals surface area contributed by atoms with Gasteiger partial charge in [0.05, 0.1) is 0 Å². The summed E-state index contributed by atoms with van der Waals surface area (Å²) >= 11 is 1.66. The monoisotopic (exact) mass is 304 g/mol. The van der Waals surface area contributed by atoms with E-state index in [-0.39, 0.29) is 5.91 Å². The van der Waals surface area contributed by atoms with Crippen LogP contribution in [0.3, 0.4) is 0 Å². The molecule has 0 bridgehead atoms. The fourth-order valence-corrected chi connectivity index (χ4v) is 2.76. The zero-order valence-electron chi connectivity index (χ0n) is 12.3. The molecule has 0 saturated heterocycles. The molecule has 6 heteroatoms. The minimum Gasteiger partial charge on any atom is -0.398 e. The molecule has 0 radical (unpaired) electrons. The van der Waals surface area contributed by atoms with E-state index in [4.69, 9.17) is 5.73 Å². The molecule has 5 nitrogen and oxygen atoms in total. The van der Waals surface area contributed by atoms with Gasteiger partial charge >= 0.3 is 0 Å². The van der Waals surface area contributed by atoms with E-state index < -0.39 is 0 Å². The van der Waals surface area contributed by atoms with E-state index in [1.807, 2.05) is 42.9 Å². The van der Waals surface area contributed by atoms with Crippen molar-refractivity contribution in [2.45, 2.75) is 24.9 Å². The highest BCUT2D eigenvalue weighted by Gasteiger charge is 2.07. The third kappa shape index (κ3) is 4.26. The Balaban J connectivity index is 1.75. The van der Waals surface area contributed by atoms with E-state index >= 15 is 0 Å². The smallest absolute Gasteiger partial charge is 0.224 e. The van der Waals surface area contributed by atoms with Gasteiger partial charge in [-0.05, 0) is 31.0 Å². The SMILES string of the molecule is Cc1c(N)cccc1NC(=O)CCCSc1nccn1C. The van der Waals surface area contributed by atoms with Gasteiger partial charge in [0.1, 0.15) is 0 Å². The van der Waals surface area contributed by atoms with Crippen molar-refractivity contribution >= 4 is 29.0 Å². The molecular formula is C15H20N4OS. The zero-order valence-corrected chi connectivity index (χ0v) is 13.1. The molecule has 21 heavy (non-hydrogen) atoms.